The highest BCUT2D eigenvalue weighted by Crippen LogP contribution is 2.24. The molecular formula is C15H20N2OS. The summed E-state index contributed by atoms with van der Waals surface area (Å²) in [4.78, 5) is 6.98. The molecule has 0 aliphatic rings. The number of nitrogens with zero attached hydrogens (tertiary/aromatic N) is 1. The smallest absolute Gasteiger partial charge is 0.141 e. The van der Waals surface area contributed by atoms with Crippen molar-refractivity contribution >= 4 is 11.3 Å². The Kier molecular flexibility index (Phi) is 4.56. The van der Waals surface area contributed by atoms with E-state index in [1.165, 1.54) is 15.3 Å². The van der Waals surface area contributed by atoms with Crippen molar-refractivity contribution in [1.29, 1.82) is 0 Å². The number of aromatic nitrogens is 1. The zero-order valence-corrected chi connectivity index (χ0v) is 12.5. The summed E-state index contributed by atoms with van der Waals surface area (Å²) in [6.45, 7) is 7.38. The molecule has 2 rings (SSSR count). The van der Waals surface area contributed by atoms with E-state index in [9.17, 15) is 0 Å². The van der Waals surface area contributed by atoms with Gasteiger partial charge in [-0.1, -0.05) is 6.92 Å². The molecule has 0 aromatic carbocycles. The second-order valence-corrected chi connectivity index (χ2v) is 5.88. The molecule has 4 heteroatoms. The summed E-state index contributed by atoms with van der Waals surface area (Å²) in [5.74, 6) is 0.882. The first-order chi connectivity index (χ1) is 9.13. The lowest BCUT2D eigenvalue weighted by Crippen LogP contribution is -2.01. The van der Waals surface area contributed by atoms with Crippen LogP contribution in [-0.4, -0.2) is 4.98 Å². The zero-order valence-electron chi connectivity index (χ0n) is 11.7. The van der Waals surface area contributed by atoms with Gasteiger partial charge in [0.2, 0.25) is 0 Å². The fourth-order valence-corrected chi connectivity index (χ4v) is 2.90. The van der Waals surface area contributed by atoms with Gasteiger partial charge in [-0.3, -0.25) is 4.98 Å². The first-order valence-corrected chi connectivity index (χ1v) is 7.33. The second-order valence-electron chi connectivity index (χ2n) is 4.54. The number of ether oxygens (including phenoxy) is 1. The van der Waals surface area contributed by atoms with Crippen molar-refractivity contribution in [2.45, 2.75) is 40.3 Å². The van der Waals surface area contributed by atoms with Crippen molar-refractivity contribution in [3.8, 4) is 5.75 Å². The molecule has 3 nitrogen and oxygen atoms in total. The largest absolute Gasteiger partial charge is 0.487 e. The van der Waals surface area contributed by atoms with E-state index in [1.54, 1.807) is 11.3 Å². The first kappa shape index (κ1) is 14.0. The Bertz CT molecular complexity index is 563. The first-order valence-electron chi connectivity index (χ1n) is 6.51. The fraction of sp³-hybridized carbons (Fsp3) is 0.400. The summed E-state index contributed by atoms with van der Waals surface area (Å²) in [5, 5.41) is 0. The van der Waals surface area contributed by atoms with Crippen LogP contribution in [0.15, 0.2) is 18.2 Å². The van der Waals surface area contributed by atoms with E-state index in [1.807, 2.05) is 19.1 Å². The molecule has 0 unspecified atom stereocenters. The maximum Gasteiger partial charge on any atom is 0.141 e. The quantitative estimate of drug-likeness (QED) is 0.911. The molecule has 0 amide bonds. The van der Waals surface area contributed by atoms with Gasteiger partial charge in [0.15, 0.2) is 0 Å². The highest BCUT2D eigenvalue weighted by atomic mass is 32.1. The van der Waals surface area contributed by atoms with Gasteiger partial charge in [-0.05, 0) is 38.5 Å². The average molecular weight is 276 g/mol. The maximum atomic E-state index is 5.91. The molecule has 0 bridgehead atoms. The van der Waals surface area contributed by atoms with Crippen LogP contribution < -0.4 is 10.5 Å². The third-order valence-corrected chi connectivity index (χ3v) is 4.18. The summed E-state index contributed by atoms with van der Waals surface area (Å²) < 4.78 is 5.91. The molecule has 19 heavy (non-hydrogen) atoms. The number of pyridine rings is 1. The van der Waals surface area contributed by atoms with Crippen molar-refractivity contribution in [2.75, 3.05) is 0 Å². The van der Waals surface area contributed by atoms with E-state index in [2.05, 4.69) is 24.9 Å². The number of rotatable bonds is 5. The van der Waals surface area contributed by atoms with E-state index >= 15 is 0 Å². The Balaban J connectivity index is 2.11. The molecule has 0 atom stereocenters. The Morgan fingerprint density at radius 3 is 2.74 bits per heavy atom. The topological polar surface area (TPSA) is 48.1 Å². The van der Waals surface area contributed by atoms with Gasteiger partial charge in [0, 0.05) is 27.6 Å². The Morgan fingerprint density at radius 2 is 2.11 bits per heavy atom. The molecule has 0 aliphatic heterocycles. The molecule has 2 aromatic heterocycles. The van der Waals surface area contributed by atoms with Crippen molar-refractivity contribution in [1.82, 2.24) is 4.98 Å². The molecule has 2 N–H and O–H groups in total. The summed E-state index contributed by atoms with van der Waals surface area (Å²) in [6, 6.07) is 6.13. The molecule has 0 fully saturated rings. The highest BCUT2D eigenvalue weighted by Gasteiger charge is 2.08. The van der Waals surface area contributed by atoms with E-state index < -0.39 is 0 Å². The van der Waals surface area contributed by atoms with Crippen LogP contribution in [-0.2, 0) is 19.6 Å². The van der Waals surface area contributed by atoms with Gasteiger partial charge < -0.3 is 10.5 Å². The minimum atomic E-state index is 0.583. The van der Waals surface area contributed by atoms with Crippen LogP contribution in [0.5, 0.6) is 5.75 Å². The minimum absolute atomic E-state index is 0.583. The zero-order chi connectivity index (χ0) is 13.8. The summed E-state index contributed by atoms with van der Waals surface area (Å²) in [5.41, 5.74) is 8.93. The standard InChI is InChI=1S/C15H20N2OS/c1-4-14-15(6-5-10(2)17-14)18-9-12-7-13(8-16)19-11(12)3/h5-7H,4,8-9,16H2,1-3H3. The molecule has 0 saturated heterocycles. The van der Waals surface area contributed by atoms with Crippen LogP contribution in [0.2, 0.25) is 0 Å². The van der Waals surface area contributed by atoms with Crippen molar-refractivity contribution in [3.63, 3.8) is 0 Å². The van der Waals surface area contributed by atoms with Crippen molar-refractivity contribution in [3.05, 3.63) is 44.9 Å². The van der Waals surface area contributed by atoms with Gasteiger partial charge in [-0.25, -0.2) is 0 Å². The Hall–Kier alpha value is -1.39. The molecular weight excluding hydrogens is 256 g/mol. The molecule has 0 aliphatic carbocycles. The maximum absolute atomic E-state index is 5.91. The van der Waals surface area contributed by atoms with Crippen LogP contribution in [0, 0.1) is 13.8 Å². The van der Waals surface area contributed by atoms with Crippen LogP contribution in [0.25, 0.3) is 0 Å². The van der Waals surface area contributed by atoms with Crippen molar-refractivity contribution < 1.29 is 4.74 Å². The molecule has 0 radical (unpaired) electrons. The number of nitrogens with two attached hydrogens (primary N) is 1. The van der Waals surface area contributed by atoms with E-state index in [0.29, 0.717) is 13.2 Å². The van der Waals surface area contributed by atoms with Crippen molar-refractivity contribution in [2.24, 2.45) is 5.73 Å². The predicted molar refractivity (Wildman–Crippen MR) is 79.6 cm³/mol. The number of aryl methyl sites for hydroxylation is 3. The lowest BCUT2D eigenvalue weighted by atomic mass is 10.2. The average Bonchev–Trinajstić information content (AvgIpc) is 2.78. The van der Waals surface area contributed by atoms with Gasteiger partial charge in [0.05, 0.1) is 5.69 Å². The SMILES string of the molecule is CCc1nc(C)ccc1OCc1cc(CN)sc1C. The molecule has 102 valence electrons. The normalized spacial score (nSPS) is 10.7. The Labute approximate surface area is 118 Å². The van der Waals surface area contributed by atoms with Gasteiger partial charge >= 0.3 is 0 Å². The molecule has 2 heterocycles. The number of thiophene rings is 1. The van der Waals surface area contributed by atoms with Crippen LogP contribution in [0.4, 0.5) is 0 Å². The minimum Gasteiger partial charge on any atom is -0.487 e. The van der Waals surface area contributed by atoms with Gasteiger partial charge in [0.1, 0.15) is 12.4 Å². The van der Waals surface area contributed by atoms with E-state index in [-0.39, 0.29) is 0 Å². The number of hydrogen-bond donors (Lipinski definition) is 1. The molecule has 0 saturated carbocycles. The lowest BCUT2D eigenvalue weighted by molar-refractivity contribution is 0.301. The highest BCUT2D eigenvalue weighted by molar-refractivity contribution is 7.12. The van der Waals surface area contributed by atoms with Gasteiger partial charge in [-0.15, -0.1) is 11.3 Å². The molecule has 0 spiro atoms. The second kappa shape index (κ2) is 6.17. The molecule has 2 aromatic rings. The summed E-state index contributed by atoms with van der Waals surface area (Å²) in [6.07, 6.45) is 0.883. The van der Waals surface area contributed by atoms with Crippen LogP contribution in [0.3, 0.4) is 0 Å². The van der Waals surface area contributed by atoms with E-state index in [4.69, 9.17) is 10.5 Å². The number of hydrogen-bond acceptors (Lipinski definition) is 4. The Morgan fingerprint density at radius 1 is 1.32 bits per heavy atom. The summed E-state index contributed by atoms with van der Waals surface area (Å²) >= 11 is 1.74. The predicted octanol–water partition coefficient (Wildman–Crippen LogP) is 3.36. The van der Waals surface area contributed by atoms with Crippen LogP contribution >= 0.6 is 11.3 Å². The van der Waals surface area contributed by atoms with Crippen LogP contribution in [0.1, 0.15) is 33.6 Å². The third-order valence-electron chi connectivity index (χ3n) is 3.06. The third kappa shape index (κ3) is 3.33. The van der Waals surface area contributed by atoms with Gasteiger partial charge in [0.25, 0.3) is 0 Å². The van der Waals surface area contributed by atoms with Gasteiger partial charge in [-0.2, -0.15) is 0 Å². The fourth-order valence-electron chi connectivity index (χ4n) is 1.97. The summed E-state index contributed by atoms with van der Waals surface area (Å²) in [7, 11) is 0. The lowest BCUT2D eigenvalue weighted by Gasteiger charge is -2.10. The monoisotopic (exact) mass is 276 g/mol. The van der Waals surface area contributed by atoms with E-state index in [0.717, 1.165) is 23.6 Å².